The van der Waals surface area contributed by atoms with Crippen molar-refractivity contribution in [2.45, 2.75) is 18.8 Å². The summed E-state index contributed by atoms with van der Waals surface area (Å²) in [4.78, 5) is 16.3. The third-order valence-corrected chi connectivity index (χ3v) is 4.53. The van der Waals surface area contributed by atoms with Gasteiger partial charge in [0.2, 0.25) is 0 Å². The van der Waals surface area contributed by atoms with Crippen LogP contribution in [0.2, 0.25) is 0 Å². The highest BCUT2D eigenvalue weighted by Crippen LogP contribution is 2.31. The normalized spacial score (nSPS) is 15.9. The van der Waals surface area contributed by atoms with Crippen molar-refractivity contribution in [3.63, 3.8) is 0 Å². The molecular formula is C17H24N4O4. The maximum absolute atomic E-state index is 11.1. The molecule has 2 aromatic rings. The second-order valence-corrected chi connectivity index (χ2v) is 6.04. The molecule has 0 saturated carbocycles. The maximum Gasteiger partial charge on any atom is 0.340 e. The number of aromatic nitrogens is 3. The van der Waals surface area contributed by atoms with Gasteiger partial charge in [-0.05, 0) is 38.1 Å². The molecule has 0 aliphatic carbocycles. The Bertz CT molecular complexity index is 734. The fourth-order valence-corrected chi connectivity index (χ4v) is 3.11. The molecule has 0 unspecified atom stereocenters. The minimum atomic E-state index is -0.235. The van der Waals surface area contributed by atoms with E-state index in [-0.39, 0.29) is 5.69 Å². The van der Waals surface area contributed by atoms with Crippen molar-refractivity contribution in [2.24, 2.45) is 0 Å². The highest BCUT2D eigenvalue weighted by molar-refractivity contribution is 5.45. The van der Waals surface area contributed by atoms with Gasteiger partial charge in [0.1, 0.15) is 18.2 Å². The Labute approximate surface area is 146 Å². The largest absolute Gasteiger partial charge is 0.493 e. The van der Waals surface area contributed by atoms with Crippen LogP contribution in [0.3, 0.4) is 0 Å². The molecule has 25 heavy (non-hydrogen) atoms. The van der Waals surface area contributed by atoms with Crippen molar-refractivity contribution in [2.75, 3.05) is 40.5 Å². The van der Waals surface area contributed by atoms with E-state index in [1.807, 2.05) is 18.2 Å². The van der Waals surface area contributed by atoms with Gasteiger partial charge in [-0.1, -0.05) is 0 Å². The first-order chi connectivity index (χ1) is 12.2. The molecule has 1 saturated heterocycles. The number of ether oxygens (including phenoxy) is 3. The fourth-order valence-electron chi connectivity index (χ4n) is 3.11. The second-order valence-electron chi connectivity index (χ2n) is 6.04. The van der Waals surface area contributed by atoms with Gasteiger partial charge in [0.25, 0.3) is 0 Å². The number of likely N-dealkylation sites (tertiary alicyclic amines) is 1. The molecule has 0 amide bonds. The van der Waals surface area contributed by atoms with Gasteiger partial charge in [-0.3, -0.25) is 9.88 Å². The molecule has 136 valence electrons. The summed E-state index contributed by atoms with van der Waals surface area (Å²) in [6, 6.07) is 5.55. The summed E-state index contributed by atoms with van der Waals surface area (Å²) in [6.07, 6.45) is 1.97. The summed E-state index contributed by atoms with van der Waals surface area (Å²) in [5.74, 6) is 3.21. The first-order valence-electron chi connectivity index (χ1n) is 8.41. The smallest absolute Gasteiger partial charge is 0.340 e. The van der Waals surface area contributed by atoms with Gasteiger partial charge < -0.3 is 14.2 Å². The van der Waals surface area contributed by atoms with E-state index in [2.05, 4.69) is 20.1 Å². The van der Waals surface area contributed by atoms with Crippen LogP contribution in [0.25, 0.3) is 0 Å². The molecule has 1 aromatic heterocycles. The minimum Gasteiger partial charge on any atom is -0.493 e. The summed E-state index contributed by atoms with van der Waals surface area (Å²) >= 11 is 0. The topological polar surface area (TPSA) is 92.5 Å². The number of methoxy groups -OCH3 is 2. The number of piperidine rings is 1. The average Bonchev–Trinajstić information content (AvgIpc) is 3.08. The lowest BCUT2D eigenvalue weighted by atomic mass is 9.96. The molecule has 3 rings (SSSR count). The molecule has 2 heterocycles. The van der Waals surface area contributed by atoms with Gasteiger partial charge in [0, 0.05) is 18.5 Å². The molecule has 0 radical (unpaired) electrons. The number of nitrogens with one attached hydrogen (secondary N) is 2. The Balaban J connectivity index is 1.43. The number of H-pyrrole nitrogens is 2. The zero-order chi connectivity index (χ0) is 17.6. The van der Waals surface area contributed by atoms with E-state index >= 15 is 0 Å². The molecule has 0 bridgehead atoms. The molecular weight excluding hydrogens is 324 g/mol. The van der Waals surface area contributed by atoms with Crippen LogP contribution >= 0.6 is 0 Å². The zero-order valence-corrected chi connectivity index (χ0v) is 14.6. The fraction of sp³-hybridized carbons (Fsp3) is 0.529. The predicted octanol–water partition coefficient (Wildman–Crippen LogP) is 1.37. The summed E-state index contributed by atoms with van der Waals surface area (Å²) in [6.45, 7) is 3.40. The van der Waals surface area contributed by atoms with Gasteiger partial charge >= 0.3 is 5.69 Å². The number of hydrogen-bond donors (Lipinski definition) is 2. The van der Waals surface area contributed by atoms with E-state index in [0.29, 0.717) is 24.0 Å². The summed E-state index contributed by atoms with van der Waals surface area (Å²) in [7, 11) is 3.22. The van der Waals surface area contributed by atoms with Crippen LogP contribution in [0.4, 0.5) is 0 Å². The van der Waals surface area contributed by atoms with Crippen molar-refractivity contribution in [3.05, 3.63) is 34.5 Å². The Morgan fingerprint density at radius 2 is 1.96 bits per heavy atom. The van der Waals surface area contributed by atoms with Crippen LogP contribution in [0.1, 0.15) is 24.6 Å². The highest BCUT2D eigenvalue weighted by atomic mass is 16.5. The molecule has 1 fully saturated rings. The predicted molar refractivity (Wildman–Crippen MR) is 92.7 cm³/mol. The maximum atomic E-state index is 11.1. The number of nitrogens with zero attached hydrogens (tertiary/aromatic N) is 2. The lowest BCUT2D eigenvalue weighted by Gasteiger charge is -2.30. The Hall–Kier alpha value is -2.48. The van der Waals surface area contributed by atoms with E-state index in [4.69, 9.17) is 14.2 Å². The Morgan fingerprint density at radius 3 is 2.60 bits per heavy atom. The van der Waals surface area contributed by atoms with Crippen LogP contribution in [0.5, 0.6) is 17.2 Å². The Morgan fingerprint density at radius 1 is 1.20 bits per heavy atom. The monoisotopic (exact) mass is 348 g/mol. The minimum absolute atomic E-state index is 0.235. The third-order valence-electron chi connectivity index (χ3n) is 4.53. The van der Waals surface area contributed by atoms with Gasteiger partial charge in [0.15, 0.2) is 11.5 Å². The second kappa shape index (κ2) is 8.06. The van der Waals surface area contributed by atoms with Crippen LogP contribution in [0.15, 0.2) is 23.0 Å². The van der Waals surface area contributed by atoms with E-state index < -0.39 is 0 Å². The van der Waals surface area contributed by atoms with Crippen molar-refractivity contribution < 1.29 is 14.2 Å². The summed E-state index contributed by atoms with van der Waals surface area (Å²) in [5, 5.41) is 6.47. The molecule has 8 heteroatoms. The van der Waals surface area contributed by atoms with Crippen LogP contribution < -0.4 is 19.9 Å². The van der Waals surface area contributed by atoms with E-state index in [0.717, 1.165) is 44.0 Å². The lowest BCUT2D eigenvalue weighted by Crippen LogP contribution is -2.36. The molecule has 1 aliphatic heterocycles. The van der Waals surface area contributed by atoms with Crippen molar-refractivity contribution in [1.29, 1.82) is 0 Å². The molecule has 8 nitrogen and oxygen atoms in total. The molecule has 0 spiro atoms. The molecule has 2 N–H and O–H groups in total. The zero-order valence-electron chi connectivity index (χ0n) is 14.6. The summed E-state index contributed by atoms with van der Waals surface area (Å²) < 4.78 is 16.3. The van der Waals surface area contributed by atoms with Crippen molar-refractivity contribution in [3.8, 4) is 17.2 Å². The first kappa shape index (κ1) is 17.3. The third kappa shape index (κ3) is 4.33. The molecule has 1 aliphatic rings. The van der Waals surface area contributed by atoms with Crippen LogP contribution in [0, 0.1) is 0 Å². The Kier molecular flexibility index (Phi) is 5.60. The van der Waals surface area contributed by atoms with Gasteiger partial charge in [-0.15, -0.1) is 0 Å². The number of hydrogen-bond acceptors (Lipinski definition) is 6. The van der Waals surface area contributed by atoms with E-state index in [1.165, 1.54) is 0 Å². The quantitative estimate of drug-likeness (QED) is 0.785. The van der Waals surface area contributed by atoms with Gasteiger partial charge in [0.05, 0.1) is 14.2 Å². The van der Waals surface area contributed by atoms with E-state index in [1.54, 1.807) is 14.2 Å². The van der Waals surface area contributed by atoms with Gasteiger partial charge in [-0.2, -0.15) is 5.10 Å². The van der Waals surface area contributed by atoms with Gasteiger partial charge in [-0.25, -0.2) is 9.89 Å². The van der Waals surface area contributed by atoms with Crippen molar-refractivity contribution >= 4 is 0 Å². The van der Waals surface area contributed by atoms with Crippen molar-refractivity contribution in [1.82, 2.24) is 20.1 Å². The van der Waals surface area contributed by atoms with Crippen LogP contribution in [-0.4, -0.2) is 60.5 Å². The number of aromatic amines is 2. The number of benzene rings is 1. The first-order valence-corrected chi connectivity index (χ1v) is 8.41. The molecule has 0 atom stereocenters. The average molecular weight is 348 g/mol. The van der Waals surface area contributed by atoms with Crippen LogP contribution in [-0.2, 0) is 0 Å². The lowest BCUT2D eigenvalue weighted by molar-refractivity contribution is 0.171. The molecule has 1 aromatic carbocycles. The highest BCUT2D eigenvalue weighted by Gasteiger charge is 2.22. The SMILES string of the molecule is COc1ccc(OCCN2CCC(c3n[nH]c(=O)[nH]3)CC2)cc1OC. The number of rotatable bonds is 7. The van der Waals surface area contributed by atoms with E-state index in [9.17, 15) is 4.79 Å². The summed E-state index contributed by atoms with van der Waals surface area (Å²) in [5.41, 5.74) is -0.235. The standard InChI is InChI=1S/C17H24N4O4/c1-23-14-4-3-13(11-15(14)24-2)25-10-9-21-7-5-12(6-8-21)16-18-17(22)20-19-16/h3-4,11-12H,5-10H2,1-2H3,(H2,18,19,20,22).